The second kappa shape index (κ2) is 8.57. The number of carbonyl (C=O) groups is 1. The highest BCUT2D eigenvalue weighted by molar-refractivity contribution is 8.18. The van der Waals surface area contributed by atoms with Gasteiger partial charge in [0.25, 0.3) is 11.6 Å². The summed E-state index contributed by atoms with van der Waals surface area (Å²) in [5.74, 6) is 1.47. The number of furan rings is 1. The van der Waals surface area contributed by atoms with Gasteiger partial charge in [-0.15, -0.1) is 0 Å². The normalized spacial score (nSPS) is 16.5. The first-order chi connectivity index (χ1) is 14.9. The molecule has 0 unspecified atom stereocenters. The number of thioether (sulfide) groups is 1. The molecular formula is C22H18N4O4S. The molecule has 0 aliphatic carbocycles. The smallest absolute Gasteiger partial charge is 0.269 e. The van der Waals surface area contributed by atoms with E-state index in [4.69, 9.17) is 4.42 Å². The Morgan fingerprint density at radius 2 is 1.97 bits per heavy atom. The van der Waals surface area contributed by atoms with E-state index in [2.05, 4.69) is 9.98 Å². The molecule has 0 saturated carbocycles. The van der Waals surface area contributed by atoms with E-state index in [1.165, 1.54) is 23.9 Å². The third-order valence-corrected chi connectivity index (χ3v) is 5.56. The van der Waals surface area contributed by atoms with Crippen molar-refractivity contribution in [2.75, 3.05) is 6.54 Å². The minimum atomic E-state index is -0.449. The molecule has 1 aliphatic rings. The lowest BCUT2D eigenvalue weighted by Gasteiger charge is -2.11. The summed E-state index contributed by atoms with van der Waals surface area (Å²) in [5, 5.41) is 11.4. The van der Waals surface area contributed by atoms with Gasteiger partial charge in [-0.2, -0.15) is 0 Å². The van der Waals surface area contributed by atoms with Crippen LogP contribution in [0.3, 0.4) is 0 Å². The number of likely N-dealkylation sites (N-methyl/N-ethyl adjacent to an activating group) is 1. The van der Waals surface area contributed by atoms with Gasteiger partial charge in [-0.05, 0) is 62.0 Å². The third-order valence-electron chi connectivity index (χ3n) is 4.55. The van der Waals surface area contributed by atoms with Crippen LogP contribution in [0, 0.1) is 17.0 Å². The number of nitrogens with zero attached hydrogens (tertiary/aromatic N) is 4. The molecule has 0 bridgehead atoms. The standard InChI is InChI=1S/C22H18N4O4S/c1-3-25-21(27)19(31-22(25)24-20-6-4-5-14(2)23-20)13-17-11-12-18(30-17)15-7-9-16(10-8-15)26(28)29/h4-13H,3H2,1-2H3/b19-13+,24-22+. The summed E-state index contributed by atoms with van der Waals surface area (Å²) in [6.07, 6.45) is 1.68. The number of benzene rings is 1. The zero-order valence-electron chi connectivity index (χ0n) is 16.8. The molecule has 0 spiro atoms. The van der Waals surface area contributed by atoms with Crippen molar-refractivity contribution in [3.8, 4) is 11.3 Å². The number of aliphatic imine (C=N–C) groups is 1. The largest absolute Gasteiger partial charge is 0.457 e. The number of nitro benzene ring substituents is 1. The van der Waals surface area contributed by atoms with Gasteiger partial charge < -0.3 is 4.42 Å². The maximum atomic E-state index is 12.8. The van der Waals surface area contributed by atoms with E-state index in [-0.39, 0.29) is 11.6 Å². The van der Waals surface area contributed by atoms with Crippen LogP contribution in [0.4, 0.5) is 11.5 Å². The summed E-state index contributed by atoms with van der Waals surface area (Å²) < 4.78 is 5.84. The Hall–Kier alpha value is -3.72. The van der Waals surface area contributed by atoms with E-state index in [1.807, 2.05) is 26.0 Å². The Bertz CT molecular complexity index is 1210. The monoisotopic (exact) mass is 434 g/mol. The molecule has 1 fully saturated rings. The SMILES string of the molecule is CCN1C(=O)/C(=C\c2ccc(-c3ccc([N+](=O)[O-])cc3)o2)S/C1=N/c1cccc(C)n1. The highest BCUT2D eigenvalue weighted by Gasteiger charge is 2.32. The second-order valence-electron chi connectivity index (χ2n) is 6.70. The predicted molar refractivity (Wildman–Crippen MR) is 120 cm³/mol. The molecule has 3 aromatic rings. The van der Waals surface area contributed by atoms with Gasteiger partial charge in [0.1, 0.15) is 11.5 Å². The Labute approximate surface area is 182 Å². The molecule has 1 saturated heterocycles. The fourth-order valence-electron chi connectivity index (χ4n) is 3.02. The quantitative estimate of drug-likeness (QED) is 0.311. The Morgan fingerprint density at radius 1 is 1.19 bits per heavy atom. The fraction of sp³-hybridized carbons (Fsp3) is 0.136. The number of hydrogen-bond acceptors (Lipinski definition) is 7. The first-order valence-electron chi connectivity index (χ1n) is 9.53. The summed E-state index contributed by atoms with van der Waals surface area (Å²) in [7, 11) is 0. The average molecular weight is 434 g/mol. The van der Waals surface area contributed by atoms with Gasteiger partial charge >= 0.3 is 0 Å². The van der Waals surface area contributed by atoms with Crippen LogP contribution < -0.4 is 0 Å². The summed E-state index contributed by atoms with van der Waals surface area (Å²) in [6, 6.07) is 15.2. The molecular weight excluding hydrogens is 416 g/mol. The van der Waals surface area contributed by atoms with Crippen LogP contribution in [-0.2, 0) is 4.79 Å². The number of rotatable bonds is 5. The molecule has 4 rings (SSSR count). The number of aromatic nitrogens is 1. The first kappa shape index (κ1) is 20.5. The van der Waals surface area contributed by atoms with Gasteiger partial charge in [0.15, 0.2) is 11.0 Å². The molecule has 9 heteroatoms. The van der Waals surface area contributed by atoms with Crippen LogP contribution in [0.25, 0.3) is 17.4 Å². The molecule has 0 N–H and O–H groups in total. The van der Waals surface area contributed by atoms with Gasteiger partial charge in [-0.1, -0.05) is 6.07 Å². The molecule has 8 nitrogen and oxygen atoms in total. The number of amidine groups is 1. The summed E-state index contributed by atoms with van der Waals surface area (Å²) in [5.41, 5.74) is 1.58. The van der Waals surface area contributed by atoms with Crippen LogP contribution in [0.1, 0.15) is 18.4 Å². The lowest BCUT2D eigenvalue weighted by molar-refractivity contribution is -0.384. The van der Waals surface area contributed by atoms with Crippen molar-refractivity contribution in [2.24, 2.45) is 4.99 Å². The summed E-state index contributed by atoms with van der Waals surface area (Å²) >= 11 is 1.27. The Kier molecular flexibility index (Phi) is 5.68. The lowest BCUT2D eigenvalue weighted by atomic mass is 10.1. The predicted octanol–water partition coefficient (Wildman–Crippen LogP) is 5.18. The van der Waals surface area contributed by atoms with E-state index in [1.54, 1.807) is 41.3 Å². The molecule has 2 aromatic heterocycles. The number of carbonyl (C=O) groups excluding carboxylic acids is 1. The minimum absolute atomic E-state index is 0.0140. The lowest BCUT2D eigenvalue weighted by Crippen LogP contribution is -2.28. The van der Waals surface area contributed by atoms with Gasteiger partial charge in [0, 0.05) is 36.0 Å². The summed E-state index contributed by atoms with van der Waals surface area (Å²) in [6.45, 7) is 4.26. The molecule has 3 heterocycles. The number of hydrogen-bond donors (Lipinski definition) is 0. The van der Waals surface area contributed by atoms with Gasteiger partial charge in [-0.3, -0.25) is 19.8 Å². The van der Waals surface area contributed by atoms with Crippen LogP contribution in [0.15, 0.2) is 68.9 Å². The van der Waals surface area contributed by atoms with Crippen LogP contribution >= 0.6 is 11.8 Å². The van der Waals surface area contributed by atoms with Crippen molar-refractivity contribution in [3.05, 3.63) is 81.1 Å². The van der Waals surface area contributed by atoms with E-state index < -0.39 is 4.92 Å². The molecule has 156 valence electrons. The average Bonchev–Trinajstić information content (AvgIpc) is 3.33. The topological polar surface area (TPSA) is 102 Å². The second-order valence-corrected chi connectivity index (χ2v) is 7.71. The number of nitro groups is 1. The van der Waals surface area contributed by atoms with E-state index in [0.29, 0.717) is 39.5 Å². The van der Waals surface area contributed by atoms with E-state index in [9.17, 15) is 14.9 Å². The molecule has 31 heavy (non-hydrogen) atoms. The zero-order valence-corrected chi connectivity index (χ0v) is 17.6. The first-order valence-corrected chi connectivity index (χ1v) is 10.3. The minimum Gasteiger partial charge on any atom is -0.457 e. The maximum absolute atomic E-state index is 12.8. The Balaban J connectivity index is 1.59. The van der Waals surface area contributed by atoms with Crippen molar-refractivity contribution in [3.63, 3.8) is 0 Å². The Morgan fingerprint density at radius 3 is 2.65 bits per heavy atom. The van der Waals surface area contributed by atoms with Crippen LogP contribution in [-0.4, -0.2) is 32.4 Å². The van der Waals surface area contributed by atoms with Crippen LogP contribution in [0.2, 0.25) is 0 Å². The highest BCUT2D eigenvalue weighted by atomic mass is 32.2. The molecule has 1 amide bonds. The van der Waals surface area contributed by atoms with Crippen molar-refractivity contribution in [2.45, 2.75) is 13.8 Å². The van der Waals surface area contributed by atoms with Crippen molar-refractivity contribution >= 4 is 40.4 Å². The molecule has 0 radical (unpaired) electrons. The molecule has 1 aliphatic heterocycles. The van der Waals surface area contributed by atoms with E-state index >= 15 is 0 Å². The van der Waals surface area contributed by atoms with Gasteiger partial charge in [0.05, 0.1) is 9.83 Å². The number of non-ortho nitro benzene ring substituents is 1. The third kappa shape index (κ3) is 4.41. The number of pyridine rings is 1. The van der Waals surface area contributed by atoms with Crippen molar-refractivity contribution in [1.82, 2.24) is 9.88 Å². The highest BCUT2D eigenvalue weighted by Crippen LogP contribution is 2.34. The van der Waals surface area contributed by atoms with Crippen LogP contribution in [0.5, 0.6) is 0 Å². The molecule has 0 atom stereocenters. The van der Waals surface area contributed by atoms with Gasteiger partial charge in [0.2, 0.25) is 0 Å². The fourth-order valence-corrected chi connectivity index (χ4v) is 4.05. The van der Waals surface area contributed by atoms with Crippen molar-refractivity contribution in [1.29, 1.82) is 0 Å². The number of amides is 1. The molecule has 1 aromatic carbocycles. The summed E-state index contributed by atoms with van der Waals surface area (Å²) in [4.78, 5) is 34.2. The van der Waals surface area contributed by atoms with Crippen molar-refractivity contribution < 1.29 is 14.1 Å². The van der Waals surface area contributed by atoms with E-state index in [0.717, 1.165) is 5.69 Å². The van der Waals surface area contributed by atoms with Gasteiger partial charge in [-0.25, -0.2) is 9.98 Å². The maximum Gasteiger partial charge on any atom is 0.269 e. The zero-order chi connectivity index (χ0) is 22.0. The number of aryl methyl sites for hydroxylation is 1.